The van der Waals surface area contributed by atoms with Crippen LogP contribution in [0.5, 0.6) is 0 Å². The van der Waals surface area contributed by atoms with E-state index in [0.29, 0.717) is 0 Å². The summed E-state index contributed by atoms with van der Waals surface area (Å²) in [5.74, 6) is -3.54. The van der Waals surface area contributed by atoms with Crippen molar-refractivity contribution in [1.29, 1.82) is 0 Å². The van der Waals surface area contributed by atoms with E-state index in [1.54, 1.807) is 0 Å². The summed E-state index contributed by atoms with van der Waals surface area (Å²) in [5, 5.41) is 8.93. The fourth-order valence-electron chi connectivity index (χ4n) is 2.72. The monoisotopic (exact) mass is 465 g/mol. The highest BCUT2D eigenvalue weighted by atomic mass is 35.5. The van der Waals surface area contributed by atoms with Crippen LogP contribution in [0.2, 0.25) is 5.02 Å². The number of benzene rings is 2. The number of rotatable bonds is 5. The zero-order valence-corrected chi connectivity index (χ0v) is 16.9. The van der Waals surface area contributed by atoms with Crippen molar-refractivity contribution in [2.24, 2.45) is 0 Å². The summed E-state index contributed by atoms with van der Waals surface area (Å²) in [6.45, 7) is 0. The number of amides is 1. The molecule has 0 aliphatic heterocycles. The van der Waals surface area contributed by atoms with Crippen LogP contribution in [-0.2, 0) is 4.79 Å². The van der Waals surface area contributed by atoms with E-state index in [1.807, 2.05) is 0 Å². The third kappa shape index (κ3) is 4.28. The lowest BCUT2D eigenvalue weighted by atomic mass is 10.3. The molecule has 7 nitrogen and oxygen atoms in total. The van der Waals surface area contributed by atoms with E-state index >= 15 is 0 Å². The molecule has 2 N–H and O–H groups in total. The van der Waals surface area contributed by atoms with Crippen LogP contribution in [0.4, 0.5) is 18.9 Å². The van der Waals surface area contributed by atoms with E-state index in [2.05, 4.69) is 20.5 Å². The zero-order chi connectivity index (χ0) is 22.1. The van der Waals surface area contributed by atoms with Crippen LogP contribution in [0.15, 0.2) is 52.5 Å². The number of hydrogen-bond acceptors (Lipinski definition) is 5. The number of anilines is 1. The number of nitrogens with one attached hydrogen (secondary N) is 2. The summed E-state index contributed by atoms with van der Waals surface area (Å²) in [6, 6.07) is 6.67. The van der Waals surface area contributed by atoms with Gasteiger partial charge in [-0.1, -0.05) is 23.4 Å². The number of hydrogen-bond donors (Lipinski definition) is 2. The molecule has 0 spiro atoms. The van der Waals surface area contributed by atoms with Gasteiger partial charge in [-0.25, -0.2) is 18.2 Å². The molecule has 158 valence electrons. The number of H-pyrrole nitrogens is 1. The lowest BCUT2D eigenvalue weighted by Gasteiger charge is -2.12. The largest absolute Gasteiger partial charge is 0.325 e. The van der Waals surface area contributed by atoms with Crippen molar-refractivity contribution >= 4 is 46.0 Å². The third-order valence-electron chi connectivity index (χ3n) is 4.15. The van der Waals surface area contributed by atoms with Gasteiger partial charge in [0.15, 0.2) is 22.4 Å². The van der Waals surface area contributed by atoms with Gasteiger partial charge in [-0.2, -0.15) is 5.10 Å². The number of nitrogens with zero attached hydrogens (tertiary/aromatic N) is 3. The second-order valence-corrected chi connectivity index (χ2v) is 7.58. The van der Waals surface area contributed by atoms with Crippen molar-refractivity contribution in [3.8, 4) is 5.69 Å². The number of fused-ring (bicyclic) bond motifs is 1. The summed E-state index contributed by atoms with van der Waals surface area (Å²) >= 11 is 6.76. The smallest absolute Gasteiger partial charge is 0.269 e. The van der Waals surface area contributed by atoms with Gasteiger partial charge in [-0.15, -0.1) is 0 Å². The van der Waals surface area contributed by atoms with Crippen molar-refractivity contribution < 1.29 is 18.0 Å². The molecule has 12 heteroatoms. The average Bonchev–Trinajstić information content (AvgIpc) is 3.20. The van der Waals surface area contributed by atoms with E-state index in [0.717, 1.165) is 30.0 Å². The average molecular weight is 466 g/mol. The maximum Gasteiger partial charge on any atom is 0.269 e. The maximum absolute atomic E-state index is 13.6. The molecule has 0 unspecified atom stereocenters. The molecule has 4 aromatic rings. The summed E-state index contributed by atoms with van der Waals surface area (Å²) in [6.07, 6.45) is 1.30. The number of carbonyl (C=O) groups excluding carboxylic acids is 1. The molecule has 0 bridgehead atoms. The fraction of sp³-hybridized carbons (Fsp3) is 0.0526. The van der Waals surface area contributed by atoms with E-state index in [-0.39, 0.29) is 38.3 Å². The summed E-state index contributed by atoms with van der Waals surface area (Å²) in [5.41, 5.74) is 0.0302. The summed E-state index contributed by atoms with van der Waals surface area (Å²) < 4.78 is 41.1. The van der Waals surface area contributed by atoms with Gasteiger partial charge in [0.05, 0.1) is 22.7 Å². The van der Waals surface area contributed by atoms with Crippen LogP contribution >= 0.6 is 23.4 Å². The number of aromatic amines is 1. The standard InChI is InChI=1S/C19H11ClF3N5O2S/c20-12-6-10(2-4-13(12)21)28-18(30)11-7-24-27-17(11)26-19(28)31-8-16(29)25-9-1-3-14(22)15(23)5-9/h1-7H,8H2,(H,24,27)(H,25,29). The molecular formula is C19H11ClF3N5O2S. The van der Waals surface area contributed by atoms with E-state index in [4.69, 9.17) is 11.6 Å². The molecular weight excluding hydrogens is 455 g/mol. The Bertz CT molecular complexity index is 1370. The van der Waals surface area contributed by atoms with E-state index in [1.165, 1.54) is 29.0 Å². The molecule has 0 saturated carbocycles. The van der Waals surface area contributed by atoms with Gasteiger partial charge in [0.2, 0.25) is 5.91 Å². The van der Waals surface area contributed by atoms with Gasteiger partial charge in [0.1, 0.15) is 11.2 Å². The molecule has 1 amide bonds. The van der Waals surface area contributed by atoms with E-state index < -0.39 is 28.9 Å². The molecule has 2 heterocycles. The van der Waals surface area contributed by atoms with Crippen molar-refractivity contribution in [2.75, 3.05) is 11.1 Å². The molecule has 0 fully saturated rings. The number of halogens is 4. The highest BCUT2D eigenvalue weighted by molar-refractivity contribution is 7.99. The molecule has 2 aromatic carbocycles. The molecule has 0 radical (unpaired) electrons. The molecule has 0 saturated heterocycles. The van der Waals surface area contributed by atoms with Gasteiger partial charge in [-0.3, -0.25) is 19.3 Å². The second-order valence-electron chi connectivity index (χ2n) is 6.23. The Balaban J connectivity index is 1.64. The first kappa shape index (κ1) is 20.9. The SMILES string of the molecule is O=C(CSc1nc2[nH]ncc2c(=O)n1-c1ccc(F)c(Cl)c1)Nc1ccc(F)c(F)c1. The van der Waals surface area contributed by atoms with Crippen LogP contribution < -0.4 is 10.9 Å². The Hall–Kier alpha value is -3.31. The summed E-state index contributed by atoms with van der Waals surface area (Å²) in [7, 11) is 0. The minimum Gasteiger partial charge on any atom is -0.325 e. The molecule has 0 aliphatic carbocycles. The Morgan fingerprint density at radius 3 is 2.65 bits per heavy atom. The van der Waals surface area contributed by atoms with Crippen LogP contribution in [0, 0.1) is 17.5 Å². The van der Waals surface area contributed by atoms with Gasteiger partial charge < -0.3 is 5.32 Å². The lowest BCUT2D eigenvalue weighted by Crippen LogP contribution is -2.22. The maximum atomic E-state index is 13.6. The summed E-state index contributed by atoms with van der Waals surface area (Å²) in [4.78, 5) is 29.5. The minimum atomic E-state index is -1.10. The van der Waals surface area contributed by atoms with Gasteiger partial charge in [0, 0.05) is 11.8 Å². The Labute approximate surface area is 181 Å². The van der Waals surface area contributed by atoms with Crippen molar-refractivity contribution in [1.82, 2.24) is 19.7 Å². The lowest BCUT2D eigenvalue weighted by molar-refractivity contribution is -0.113. The normalized spacial score (nSPS) is 11.1. The minimum absolute atomic E-state index is 0.0733. The number of carbonyl (C=O) groups is 1. The first-order chi connectivity index (χ1) is 14.8. The molecule has 2 aromatic heterocycles. The predicted molar refractivity (Wildman–Crippen MR) is 110 cm³/mol. The predicted octanol–water partition coefficient (Wildman–Crippen LogP) is 3.91. The van der Waals surface area contributed by atoms with Gasteiger partial charge >= 0.3 is 0 Å². The Morgan fingerprint density at radius 1 is 1.13 bits per heavy atom. The Kier molecular flexibility index (Phi) is 5.70. The topological polar surface area (TPSA) is 92.7 Å². The van der Waals surface area contributed by atoms with Gasteiger partial charge in [-0.05, 0) is 30.3 Å². The first-order valence-electron chi connectivity index (χ1n) is 8.63. The zero-order valence-electron chi connectivity index (χ0n) is 15.3. The Morgan fingerprint density at radius 2 is 1.90 bits per heavy atom. The van der Waals surface area contributed by atoms with E-state index in [9.17, 15) is 22.8 Å². The molecule has 4 rings (SSSR count). The fourth-order valence-corrected chi connectivity index (χ4v) is 3.70. The molecule has 0 atom stereocenters. The highest BCUT2D eigenvalue weighted by Crippen LogP contribution is 2.24. The quantitative estimate of drug-likeness (QED) is 0.344. The van der Waals surface area contributed by atoms with Crippen molar-refractivity contribution in [2.45, 2.75) is 5.16 Å². The second kappa shape index (κ2) is 8.44. The molecule has 31 heavy (non-hydrogen) atoms. The highest BCUT2D eigenvalue weighted by Gasteiger charge is 2.17. The van der Waals surface area contributed by atoms with Crippen molar-refractivity contribution in [3.63, 3.8) is 0 Å². The van der Waals surface area contributed by atoms with Crippen LogP contribution in [-0.4, -0.2) is 31.4 Å². The number of thioether (sulfide) groups is 1. The van der Waals surface area contributed by atoms with Crippen LogP contribution in [0.25, 0.3) is 16.7 Å². The van der Waals surface area contributed by atoms with Crippen LogP contribution in [0.3, 0.4) is 0 Å². The number of aromatic nitrogens is 4. The molecule has 0 aliphatic rings. The third-order valence-corrected chi connectivity index (χ3v) is 5.38. The first-order valence-corrected chi connectivity index (χ1v) is 9.99. The van der Waals surface area contributed by atoms with Crippen LogP contribution in [0.1, 0.15) is 0 Å². The van der Waals surface area contributed by atoms with Crippen molar-refractivity contribution in [3.05, 3.63) is 75.4 Å². The van der Waals surface area contributed by atoms with Gasteiger partial charge in [0.25, 0.3) is 5.56 Å².